The second-order valence-electron chi connectivity index (χ2n) is 5.06. The number of benzene rings is 1. The van der Waals surface area contributed by atoms with Gasteiger partial charge in [-0.25, -0.2) is 0 Å². The molecule has 2 amide bonds. The molecule has 0 bridgehead atoms. The lowest BCUT2D eigenvalue weighted by atomic mass is 10.2. The number of hydrogen-bond acceptors (Lipinski definition) is 4. The van der Waals surface area contributed by atoms with E-state index in [0.717, 1.165) is 5.69 Å². The average molecular weight is 327 g/mol. The average Bonchev–Trinajstić information content (AvgIpc) is 2.61. The van der Waals surface area contributed by atoms with E-state index in [1.165, 1.54) is 0 Å². The molecule has 0 radical (unpaired) electrons. The summed E-state index contributed by atoms with van der Waals surface area (Å²) in [4.78, 5) is 27.9. The zero-order chi connectivity index (χ0) is 17.2. The first-order valence-electron chi connectivity index (χ1n) is 7.86. The normalized spacial score (nSPS) is 10.0. The third-order valence-electron chi connectivity index (χ3n) is 3.27. The Kier molecular flexibility index (Phi) is 6.76. The maximum Gasteiger partial charge on any atom is 0.251 e. The minimum atomic E-state index is -0.294. The summed E-state index contributed by atoms with van der Waals surface area (Å²) >= 11 is 0. The Labute approximate surface area is 141 Å². The van der Waals surface area contributed by atoms with E-state index in [4.69, 9.17) is 4.74 Å². The third-order valence-corrected chi connectivity index (χ3v) is 3.27. The van der Waals surface area contributed by atoms with Gasteiger partial charge in [-0.1, -0.05) is 6.07 Å². The monoisotopic (exact) mass is 327 g/mol. The number of pyridine rings is 1. The Bertz CT molecular complexity index is 657. The SMILES string of the molecule is CCOc1ccc(C(=O)NCC(=O)NCCc2ccccn2)cc1. The van der Waals surface area contributed by atoms with Gasteiger partial charge in [-0.3, -0.25) is 14.6 Å². The van der Waals surface area contributed by atoms with Crippen LogP contribution in [0.25, 0.3) is 0 Å². The molecular weight excluding hydrogens is 306 g/mol. The van der Waals surface area contributed by atoms with Crippen molar-refractivity contribution < 1.29 is 14.3 Å². The number of carbonyl (C=O) groups excluding carboxylic acids is 2. The van der Waals surface area contributed by atoms with E-state index in [1.54, 1.807) is 30.5 Å². The molecule has 1 aromatic carbocycles. The van der Waals surface area contributed by atoms with Crippen molar-refractivity contribution in [2.24, 2.45) is 0 Å². The van der Waals surface area contributed by atoms with Crippen LogP contribution in [0.15, 0.2) is 48.7 Å². The smallest absolute Gasteiger partial charge is 0.251 e. The van der Waals surface area contributed by atoms with Crippen molar-refractivity contribution >= 4 is 11.8 Å². The number of carbonyl (C=O) groups is 2. The van der Waals surface area contributed by atoms with Crippen LogP contribution in [0.2, 0.25) is 0 Å². The fourth-order valence-electron chi connectivity index (χ4n) is 2.07. The number of aromatic nitrogens is 1. The van der Waals surface area contributed by atoms with Crippen LogP contribution in [0.4, 0.5) is 0 Å². The number of hydrogen-bond donors (Lipinski definition) is 2. The van der Waals surface area contributed by atoms with Crippen LogP contribution in [-0.4, -0.2) is 36.5 Å². The fraction of sp³-hybridized carbons (Fsp3) is 0.278. The maximum absolute atomic E-state index is 12.0. The van der Waals surface area contributed by atoms with Gasteiger partial charge in [0.15, 0.2) is 0 Å². The lowest BCUT2D eigenvalue weighted by Crippen LogP contribution is -2.37. The second-order valence-corrected chi connectivity index (χ2v) is 5.06. The van der Waals surface area contributed by atoms with Crippen molar-refractivity contribution in [2.75, 3.05) is 19.7 Å². The van der Waals surface area contributed by atoms with Crippen LogP contribution in [0.3, 0.4) is 0 Å². The topological polar surface area (TPSA) is 80.3 Å². The molecule has 0 aliphatic rings. The molecule has 0 fully saturated rings. The molecule has 0 aliphatic carbocycles. The van der Waals surface area contributed by atoms with Crippen LogP contribution in [-0.2, 0) is 11.2 Å². The van der Waals surface area contributed by atoms with Crippen molar-refractivity contribution in [2.45, 2.75) is 13.3 Å². The highest BCUT2D eigenvalue weighted by atomic mass is 16.5. The standard InChI is InChI=1S/C18H21N3O3/c1-2-24-16-8-6-14(7-9-16)18(23)21-13-17(22)20-12-10-15-5-3-4-11-19-15/h3-9,11H,2,10,12-13H2,1H3,(H,20,22)(H,21,23). The second kappa shape index (κ2) is 9.29. The van der Waals surface area contributed by atoms with Crippen LogP contribution in [0, 0.1) is 0 Å². The van der Waals surface area contributed by atoms with Crippen LogP contribution >= 0.6 is 0 Å². The molecular formula is C18H21N3O3. The molecule has 0 saturated heterocycles. The first kappa shape index (κ1) is 17.5. The van der Waals surface area contributed by atoms with Gasteiger partial charge in [0.05, 0.1) is 13.2 Å². The molecule has 0 aliphatic heterocycles. The number of ether oxygens (including phenoxy) is 1. The van der Waals surface area contributed by atoms with E-state index in [0.29, 0.717) is 30.9 Å². The largest absolute Gasteiger partial charge is 0.494 e. The van der Waals surface area contributed by atoms with E-state index in [-0.39, 0.29) is 18.4 Å². The van der Waals surface area contributed by atoms with Gasteiger partial charge in [-0.2, -0.15) is 0 Å². The first-order valence-corrected chi connectivity index (χ1v) is 7.86. The van der Waals surface area contributed by atoms with E-state index in [2.05, 4.69) is 15.6 Å². The molecule has 24 heavy (non-hydrogen) atoms. The zero-order valence-corrected chi connectivity index (χ0v) is 13.6. The van der Waals surface area contributed by atoms with Gasteiger partial charge in [0.1, 0.15) is 5.75 Å². The molecule has 0 saturated carbocycles. The summed E-state index contributed by atoms with van der Waals surface area (Å²) in [5, 5.41) is 5.34. The number of rotatable bonds is 8. The van der Waals surface area contributed by atoms with Crippen molar-refractivity contribution in [3.8, 4) is 5.75 Å². The Morgan fingerprint density at radius 3 is 2.54 bits per heavy atom. The first-order chi connectivity index (χ1) is 11.7. The summed E-state index contributed by atoms with van der Waals surface area (Å²) in [7, 11) is 0. The van der Waals surface area contributed by atoms with Crippen molar-refractivity contribution in [3.05, 3.63) is 59.9 Å². The molecule has 0 spiro atoms. The summed E-state index contributed by atoms with van der Waals surface area (Å²) in [6, 6.07) is 12.4. The van der Waals surface area contributed by atoms with Gasteiger partial charge in [-0.15, -0.1) is 0 Å². The molecule has 6 heteroatoms. The number of nitrogens with zero attached hydrogens (tertiary/aromatic N) is 1. The molecule has 1 heterocycles. The van der Waals surface area contributed by atoms with Crippen LogP contribution in [0.5, 0.6) is 5.75 Å². The van der Waals surface area contributed by atoms with Crippen LogP contribution in [0.1, 0.15) is 23.0 Å². The van der Waals surface area contributed by atoms with E-state index < -0.39 is 0 Å². The predicted molar refractivity (Wildman–Crippen MR) is 90.9 cm³/mol. The van der Waals surface area contributed by atoms with E-state index in [1.807, 2.05) is 25.1 Å². The van der Waals surface area contributed by atoms with Gasteiger partial charge in [0, 0.05) is 30.4 Å². The molecule has 0 atom stereocenters. The fourth-order valence-corrected chi connectivity index (χ4v) is 2.07. The maximum atomic E-state index is 12.0. The van der Waals surface area contributed by atoms with Crippen molar-refractivity contribution in [1.29, 1.82) is 0 Å². The Morgan fingerprint density at radius 1 is 1.08 bits per heavy atom. The van der Waals surface area contributed by atoms with Crippen LogP contribution < -0.4 is 15.4 Å². The molecule has 2 N–H and O–H groups in total. The van der Waals surface area contributed by atoms with E-state index in [9.17, 15) is 9.59 Å². The molecule has 6 nitrogen and oxygen atoms in total. The Hall–Kier alpha value is -2.89. The van der Waals surface area contributed by atoms with E-state index >= 15 is 0 Å². The highest BCUT2D eigenvalue weighted by Crippen LogP contribution is 2.11. The summed E-state index contributed by atoms with van der Waals surface area (Å²) < 4.78 is 5.32. The summed E-state index contributed by atoms with van der Waals surface area (Å²) in [5.74, 6) is 0.185. The van der Waals surface area contributed by atoms with Gasteiger partial charge in [0.2, 0.25) is 5.91 Å². The molecule has 2 rings (SSSR count). The molecule has 1 aromatic heterocycles. The minimum Gasteiger partial charge on any atom is -0.494 e. The van der Waals surface area contributed by atoms with Gasteiger partial charge in [0.25, 0.3) is 5.91 Å². The highest BCUT2D eigenvalue weighted by Gasteiger charge is 2.08. The number of nitrogens with one attached hydrogen (secondary N) is 2. The lowest BCUT2D eigenvalue weighted by molar-refractivity contribution is -0.120. The summed E-state index contributed by atoms with van der Waals surface area (Å²) in [6.07, 6.45) is 2.37. The van der Waals surface area contributed by atoms with Gasteiger partial charge in [-0.05, 0) is 43.3 Å². The predicted octanol–water partition coefficient (Wildman–Crippen LogP) is 1.57. The molecule has 126 valence electrons. The quantitative estimate of drug-likeness (QED) is 0.771. The Morgan fingerprint density at radius 2 is 1.88 bits per heavy atom. The zero-order valence-electron chi connectivity index (χ0n) is 13.6. The minimum absolute atomic E-state index is 0.0612. The number of amides is 2. The molecule has 2 aromatic rings. The van der Waals surface area contributed by atoms with Gasteiger partial charge >= 0.3 is 0 Å². The van der Waals surface area contributed by atoms with Gasteiger partial charge < -0.3 is 15.4 Å². The molecule has 0 unspecified atom stereocenters. The third kappa shape index (κ3) is 5.72. The lowest BCUT2D eigenvalue weighted by Gasteiger charge is -2.08. The van der Waals surface area contributed by atoms with Crippen molar-refractivity contribution in [1.82, 2.24) is 15.6 Å². The Balaban J connectivity index is 1.69. The summed E-state index contributed by atoms with van der Waals surface area (Å²) in [6.45, 7) is 2.89. The van der Waals surface area contributed by atoms with Crippen molar-refractivity contribution in [3.63, 3.8) is 0 Å². The highest BCUT2D eigenvalue weighted by molar-refractivity contribution is 5.96. The summed E-state index contributed by atoms with van der Waals surface area (Å²) in [5.41, 5.74) is 1.40.